The SMILES string of the molecule is Cc1cc2sc(CNC(C)C)c(C(C)C)c2cc1C. The first kappa shape index (κ1) is 14.5. The van der Waals surface area contributed by atoms with E-state index in [1.807, 2.05) is 11.3 Å². The highest BCUT2D eigenvalue weighted by atomic mass is 32.1. The Morgan fingerprint density at radius 3 is 2.26 bits per heavy atom. The lowest BCUT2D eigenvalue weighted by Crippen LogP contribution is -2.21. The Balaban J connectivity index is 2.53. The fourth-order valence-electron chi connectivity index (χ4n) is 2.48. The molecule has 104 valence electrons. The molecule has 2 heteroatoms. The van der Waals surface area contributed by atoms with Crippen molar-refractivity contribution in [3.8, 4) is 0 Å². The third-order valence-corrected chi connectivity index (χ3v) is 4.84. The van der Waals surface area contributed by atoms with Crippen molar-refractivity contribution in [1.82, 2.24) is 5.32 Å². The predicted molar refractivity (Wildman–Crippen MR) is 87.4 cm³/mol. The Morgan fingerprint density at radius 2 is 1.68 bits per heavy atom. The molecule has 0 aliphatic carbocycles. The number of hydrogen-bond donors (Lipinski definition) is 1. The zero-order valence-electron chi connectivity index (χ0n) is 12.9. The molecule has 1 heterocycles. The van der Waals surface area contributed by atoms with Crippen LogP contribution in [0.3, 0.4) is 0 Å². The van der Waals surface area contributed by atoms with E-state index in [1.54, 1.807) is 0 Å². The van der Waals surface area contributed by atoms with Crippen molar-refractivity contribution in [3.63, 3.8) is 0 Å². The highest BCUT2D eigenvalue weighted by Gasteiger charge is 2.15. The van der Waals surface area contributed by atoms with Gasteiger partial charge in [0.05, 0.1) is 0 Å². The molecule has 1 aromatic heterocycles. The van der Waals surface area contributed by atoms with Crippen molar-refractivity contribution in [3.05, 3.63) is 33.7 Å². The van der Waals surface area contributed by atoms with Crippen LogP contribution in [0.2, 0.25) is 0 Å². The van der Waals surface area contributed by atoms with Gasteiger partial charge in [0.2, 0.25) is 0 Å². The van der Waals surface area contributed by atoms with Gasteiger partial charge in [-0.15, -0.1) is 11.3 Å². The third-order valence-electron chi connectivity index (χ3n) is 3.67. The number of fused-ring (bicyclic) bond motifs is 1. The summed E-state index contributed by atoms with van der Waals surface area (Å²) >= 11 is 1.95. The van der Waals surface area contributed by atoms with Gasteiger partial charge in [0.15, 0.2) is 0 Å². The van der Waals surface area contributed by atoms with Crippen LogP contribution in [-0.2, 0) is 6.54 Å². The normalized spacial score (nSPS) is 12.0. The van der Waals surface area contributed by atoms with Gasteiger partial charge in [-0.3, -0.25) is 0 Å². The van der Waals surface area contributed by atoms with Gasteiger partial charge in [-0.25, -0.2) is 0 Å². The summed E-state index contributed by atoms with van der Waals surface area (Å²) in [5.41, 5.74) is 4.33. The van der Waals surface area contributed by atoms with Crippen molar-refractivity contribution in [2.45, 2.75) is 60.0 Å². The summed E-state index contributed by atoms with van der Waals surface area (Å²) in [6.07, 6.45) is 0. The third kappa shape index (κ3) is 3.01. The van der Waals surface area contributed by atoms with E-state index in [-0.39, 0.29) is 0 Å². The zero-order chi connectivity index (χ0) is 14.2. The summed E-state index contributed by atoms with van der Waals surface area (Å²) in [5.74, 6) is 0.583. The minimum absolute atomic E-state index is 0.536. The second-order valence-electron chi connectivity index (χ2n) is 6.06. The van der Waals surface area contributed by atoms with Crippen molar-refractivity contribution in [1.29, 1.82) is 0 Å². The van der Waals surface area contributed by atoms with Gasteiger partial charge in [-0.1, -0.05) is 33.8 Å². The molecule has 0 saturated carbocycles. The second-order valence-corrected chi connectivity index (χ2v) is 7.20. The molecule has 0 atom stereocenters. The van der Waals surface area contributed by atoms with Crippen LogP contribution in [0.25, 0.3) is 10.1 Å². The number of aryl methyl sites for hydroxylation is 2. The molecular weight excluding hydrogens is 250 g/mol. The number of thiophene rings is 1. The maximum absolute atomic E-state index is 3.56. The molecule has 0 aliphatic rings. The van der Waals surface area contributed by atoms with Gasteiger partial charge in [0.1, 0.15) is 0 Å². The quantitative estimate of drug-likeness (QED) is 0.814. The standard InChI is InChI=1S/C17H25NS/c1-10(2)17-14-7-12(5)13(6)8-15(14)19-16(17)9-18-11(3)4/h7-8,10-11,18H,9H2,1-6H3. The van der Waals surface area contributed by atoms with Gasteiger partial charge in [-0.2, -0.15) is 0 Å². The molecule has 0 radical (unpaired) electrons. The molecule has 2 rings (SSSR count). The highest BCUT2D eigenvalue weighted by Crippen LogP contribution is 2.37. The molecule has 1 nitrogen and oxygen atoms in total. The molecule has 0 amide bonds. The summed E-state index contributed by atoms with van der Waals surface area (Å²) in [6, 6.07) is 5.25. The van der Waals surface area contributed by atoms with E-state index in [0.29, 0.717) is 12.0 Å². The average molecular weight is 275 g/mol. The Bertz CT molecular complexity index is 578. The van der Waals surface area contributed by atoms with Gasteiger partial charge in [0, 0.05) is 22.2 Å². The lowest BCUT2D eigenvalue weighted by Gasteiger charge is -2.11. The predicted octanol–water partition coefficient (Wildman–Crippen LogP) is 5.14. The second kappa shape index (κ2) is 5.64. The molecule has 19 heavy (non-hydrogen) atoms. The monoisotopic (exact) mass is 275 g/mol. The molecular formula is C17H25NS. The molecule has 0 saturated heterocycles. The molecule has 0 bridgehead atoms. The molecule has 1 aromatic carbocycles. The number of nitrogens with one attached hydrogen (secondary N) is 1. The maximum atomic E-state index is 3.56. The summed E-state index contributed by atoms with van der Waals surface area (Å²) < 4.78 is 1.44. The Labute approximate surface area is 121 Å². The van der Waals surface area contributed by atoms with Crippen molar-refractivity contribution in [2.75, 3.05) is 0 Å². The van der Waals surface area contributed by atoms with E-state index >= 15 is 0 Å². The largest absolute Gasteiger partial charge is 0.310 e. The van der Waals surface area contributed by atoms with E-state index in [2.05, 4.69) is 59.0 Å². The Kier molecular flexibility index (Phi) is 4.32. The van der Waals surface area contributed by atoms with Crippen molar-refractivity contribution >= 4 is 21.4 Å². The number of rotatable bonds is 4. The minimum Gasteiger partial charge on any atom is -0.310 e. The van der Waals surface area contributed by atoms with Crippen LogP contribution in [0.4, 0.5) is 0 Å². The van der Waals surface area contributed by atoms with Crippen molar-refractivity contribution in [2.24, 2.45) is 0 Å². The summed E-state index contributed by atoms with van der Waals surface area (Å²) in [6.45, 7) is 14.4. The maximum Gasteiger partial charge on any atom is 0.0351 e. The van der Waals surface area contributed by atoms with E-state index in [1.165, 1.54) is 31.7 Å². The van der Waals surface area contributed by atoms with Gasteiger partial charge in [0.25, 0.3) is 0 Å². The smallest absolute Gasteiger partial charge is 0.0351 e. The van der Waals surface area contributed by atoms with E-state index < -0.39 is 0 Å². The highest BCUT2D eigenvalue weighted by molar-refractivity contribution is 7.19. The van der Waals surface area contributed by atoms with Crippen LogP contribution >= 0.6 is 11.3 Å². The van der Waals surface area contributed by atoms with Crippen LogP contribution in [0.15, 0.2) is 12.1 Å². The van der Waals surface area contributed by atoms with E-state index in [0.717, 1.165) is 6.54 Å². The molecule has 0 fully saturated rings. The number of hydrogen-bond acceptors (Lipinski definition) is 2. The van der Waals surface area contributed by atoms with E-state index in [4.69, 9.17) is 0 Å². The minimum atomic E-state index is 0.536. The number of benzene rings is 1. The summed E-state index contributed by atoms with van der Waals surface area (Å²) in [4.78, 5) is 1.50. The molecule has 0 spiro atoms. The van der Waals surface area contributed by atoms with E-state index in [9.17, 15) is 0 Å². The molecule has 1 N–H and O–H groups in total. The lowest BCUT2D eigenvalue weighted by atomic mass is 9.97. The Hall–Kier alpha value is -0.860. The molecule has 2 aromatic rings. The summed E-state index contributed by atoms with van der Waals surface area (Å²) in [7, 11) is 0. The van der Waals surface area contributed by atoms with Crippen LogP contribution in [0, 0.1) is 13.8 Å². The van der Waals surface area contributed by atoms with Crippen molar-refractivity contribution < 1.29 is 0 Å². The first-order valence-electron chi connectivity index (χ1n) is 7.16. The van der Waals surface area contributed by atoms with Crippen LogP contribution in [-0.4, -0.2) is 6.04 Å². The van der Waals surface area contributed by atoms with Crippen LogP contribution in [0.1, 0.15) is 55.2 Å². The van der Waals surface area contributed by atoms with Gasteiger partial charge < -0.3 is 5.32 Å². The first-order chi connectivity index (χ1) is 8.90. The molecule has 0 aliphatic heterocycles. The average Bonchev–Trinajstić information content (AvgIpc) is 2.64. The summed E-state index contributed by atoms with van der Waals surface area (Å²) in [5, 5.41) is 5.02. The van der Waals surface area contributed by atoms with Gasteiger partial charge in [-0.05, 0) is 47.9 Å². The topological polar surface area (TPSA) is 12.0 Å². The Morgan fingerprint density at radius 1 is 1.05 bits per heavy atom. The fourth-order valence-corrected chi connectivity index (χ4v) is 3.87. The van der Waals surface area contributed by atoms with Crippen LogP contribution < -0.4 is 5.32 Å². The molecule has 0 unspecified atom stereocenters. The fraction of sp³-hybridized carbons (Fsp3) is 0.529. The van der Waals surface area contributed by atoms with Gasteiger partial charge >= 0.3 is 0 Å². The zero-order valence-corrected chi connectivity index (χ0v) is 13.7. The van der Waals surface area contributed by atoms with Crippen LogP contribution in [0.5, 0.6) is 0 Å². The lowest BCUT2D eigenvalue weighted by molar-refractivity contribution is 0.590. The first-order valence-corrected chi connectivity index (χ1v) is 7.97.